The molecule has 0 bridgehead atoms. The number of aryl methyl sites for hydroxylation is 1. The van der Waals surface area contributed by atoms with Gasteiger partial charge in [-0.05, 0) is 62.0 Å². The monoisotopic (exact) mass is 379 g/mol. The van der Waals surface area contributed by atoms with Gasteiger partial charge in [0.2, 0.25) is 11.8 Å². The minimum atomic E-state index is -0.148. The molecule has 2 N–H and O–H groups in total. The van der Waals surface area contributed by atoms with Gasteiger partial charge >= 0.3 is 0 Å². The third-order valence-corrected chi connectivity index (χ3v) is 5.19. The zero-order chi connectivity index (χ0) is 19.9. The van der Waals surface area contributed by atoms with Crippen molar-refractivity contribution in [2.75, 3.05) is 23.7 Å². The molecule has 0 spiro atoms. The molecule has 3 rings (SSSR count). The van der Waals surface area contributed by atoms with Crippen molar-refractivity contribution in [3.8, 4) is 0 Å². The molecule has 148 valence electrons. The summed E-state index contributed by atoms with van der Waals surface area (Å²) in [4.78, 5) is 26.4. The molecule has 0 atom stereocenters. The van der Waals surface area contributed by atoms with E-state index in [4.69, 9.17) is 0 Å². The highest BCUT2D eigenvalue weighted by Crippen LogP contribution is 2.26. The second-order valence-corrected chi connectivity index (χ2v) is 7.69. The molecule has 2 aromatic carbocycles. The van der Waals surface area contributed by atoms with Crippen LogP contribution in [0.25, 0.3) is 0 Å². The van der Waals surface area contributed by atoms with E-state index in [9.17, 15) is 9.59 Å². The van der Waals surface area contributed by atoms with Crippen LogP contribution in [0, 0.1) is 12.8 Å². The molecule has 28 heavy (non-hydrogen) atoms. The quantitative estimate of drug-likeness (QED) is 0.791. The minimum Gasteiger partial charge on any atom is -0.325 e. The Balaban J connectivity index is 1.50. The number of likely N-dealkylation sites (tertiary alicyclic amines) is 1. The lowest BCUT2D eigenvalue weighted by Crippen LogP contribution is -2.34. The number of nitrogens with zero attached hydrogens (tertiary/aromatic N) is 1. The van der Waals surface area contributed by atoms with E-state index in [1.807, 2.05) is 31.2 Å². The molecule has 0 saturated carbocycles. The first-order valence-corrected chi connectivity index (χ1v) is 9.94. The summed E-state index contributed by atoms with van der Waals surface area (Å²) in [5.41, 5.74) is 3.69. The molecular weight excluding hydrogens is 350 g/mol. The number of hydrogen-bond donors (Lipinski definition) is 2. The van der Waals surface area contributed by atoms with E-state index in [2.05, 4.69) is 39.8 Å². The van der Waals surface area contributed by atoms with Crippen molar-refractivity contribution in [3.05, 3.63) is 59.7 Å². The molecule has 1 fully saturated rings. The minimum absolute atomic E-state index is 0.0127. The highest BCUT2D eigenvalue weighted by Gasteiger charge is 2.22. The van der Waals surface area contributed by atoms with Crippen molar-refractivity contribution in [3.63, 3.8) is 0 Å². The summed E-state index contributed by atoms with van der Waals surface area (Å²) in [7, 11) is 0. The van der Waals surface area contributed by atoms with Crippen LogP contribution in [0.1, 0.15) is 37.3 Å². The van der Waals surface area contributed by atoms with Gasteiger partial charge in [-0.3, -0.25) is 14.5 Å². The molecular formula is C23H29N3O2. The van der Waals surface area contributed by atoms with E-state index in [1.165, 1.54) is 12.5 Å². The summed E-state index contributed by atoms with van der Waals surface area (Å²) in [5, 5.41) is 5.77. The summed E-state index contributed by atoms with van der Waals surface area (Å²) in [6.45, 7) is 6.45. The lowest BCUT2D eigenvalue weighted by Gasteiger charge is -2.31. The second kappa shape index (κ2) is 9.51. The van der Waals surface area contributed by atoms with Crippen molar-refractivity contribution in [2.24, 2.45) is 5.92 Å². The second-order valence-electron chi connectivity index (χ2n) is 7.69. The van der Waals surface area contributed by atoms with Crippen LogP contribution < -0.4 is 10.6 Å². The summed E-state index contributed by atoms with van der Waals surface area (Å²) in [6, 6.07) is 16.2. The van der Waals surface area contributed by atoms with E-state index in [1.54, 1.807) is 0 Å². The maximum absolute atomic E-state index is 12.6. The van der Waals surface area contributed by atoms with Gasteiger partial charge < -0.3 is 10.6 Å². The predicted octanol–water partition coefficient (Wildman–Crippen LogP) is 4.19. The molecule has 2 aromatic rings. The fourth-order valence-electron chi connectivity index (χ4n) is 3.71. The number of nitrogens with one attached hydrogen (secondary N) is 2. The fourth-order valence-corrected chi connectivity index (χ4v) is 3.71. The number of rotatable bonds is 6. The lowest BCUT2D eigenvalue weighted by molar-refractivity contribution is -0.117. The van der Waals surface area contributed by atoms with Crippen LogP contribution in [-0.2, 0) is 16.1 Å². The van der Waals surface area contributed by atoms with Gasteiger partial charge in [-0.2, -0.15) is 0 Å². The Morgan fingerprint density at radius 3 is 2.39 bits per heavy atom. The van der Waals surface area contributed by atoms with Gasteiger partial charge in [0, 0.05) is 19.9 Å². The smallest absolute Gasteiger partial charge is 0.224 e. The normalized spacial score (nSPS) is 15.2. The first-order valence-electron chi connectivity index (χ1n) is 9.94. The Morgan fingerprint density at radius 2 is 1.71 bits per heavy atom. The van der Waals surface area contributed by atoms with Crippen LogP contribution >= 0.6 is 0 Å². The molecule has 5 heteroatoms. The topological polar surface area (TPSA) is 61.4 Å². The Hall–Kier alpha value is -2.66. The van der Waals surface area contributed by atoms with E-state index in [0.29, 0.717) is 23.7 Å². The summed E-state index contributed by atoms with van der Waals surface area (Å²) < 4.78 is 0. The standard InChI is InChI=1S/C23H29N3O2/c1-17-8-9-21(24-18(2)27)22(14-17)25-23(28)15-19-10-12-26(13-11-19)16-20-6-4-3-5-7-20/h3-9,14,19H,10-13,15-16H2,1-2H3,(H,24,27)(H,25,28). The Labute approximate surface area is 167 Å². The molecule has 1 saturated heterocycles. The Bertz CT molecular complexity index is 812. The SMILES string of the molecule is CC(=O)Nc1ccc(C)cc1NC(=O)CC1CCN(Cc2ccccc2)CC1. The first-order chi connectivity index (χ1) is 13.5. The third kappa shape index (κ3) is 5.92. The van der Waals surface area contributed by atoms with Crippen LogP contribution in [0.2, 0.25) is 0 Å². The maximum Gasteiger partial charge on any atom is 0.224 e. The van der Waals surface area contributed by atoms with Crippen molar-refractivity contribution >= 4 is 23.2 Å². The van der Waals surface area contributed by atoms with Crippen LogP contribution in [0.3, 0.4) is 0 Å². The number of piperidine rings is 1. The van der Waals surface area contributed by atoms with Crippen LogP contribution in [0.15, 0.2) is 48.5 Å². The van der Waals surface area contributed by atoms with Crippen LogP contribution in [0.5, 0.6) is 0 Å². The number of anilines is 2. The predicted molar refractivity (Wildman–Crippen MR) is 113 cm³/mol. The van der Waals surface area contributed by atoms with Crippen molar-refractivity contribution in [2.45, 2.75) is 39.7 Å². The molecule has 2 amide bonds. The summed E-state index contributed by atoms with van der Waals surface area (Å²) in [5.74, 6) is 0.268. The zero-order valence-electron chi connectivity index (χ0n) is 16.7. The van der Waals surface area contributed by atoms with Gasteiger partial charge in [0.05, 0.1) is 11.4 Å². The van der Waals surface area contributed by atoms with E-state index >= 15 is 0 Å². The van der Waals surface area contributed by atoms with Crippen molar-refractivity contribution < 1.29 is 9.59 Å². The van der Waals surface area contributed by atoms with Gasteiger partial charge in [0.15, 0.2) is 0 Å². The van der Waals surface area contributed by atoms with Crippen molar-refractivity contribution in [1.82, 2.24) is 4.90 Å². The van der Waals surface area contributed by atoms with Crippen LogP contribution in [-0.4, -0.2) is 29.8 Å². The molecule has 5 nitrogen and oxygen atoms in total. The average molecular weight is 380 g/mol. The molecule has 1 aliphatic rings. The summed E-state index contributed by atoms with van der Waals surface area (Å²) in [6.07, 6.45) is 2.59. The Morgan fingerprint density at radius 1 is 1.00 bits per heavy atom. The first kappa shape index (κ1) is 20.1. The largest absolute Gasteiger partial charge is 0.325 e. The van der Waals surface area contributed by atoms with Gasteiger partial charge in [-0.1, -0.05) is 36.4 Å². The fraction of sp³-hybridized carbons (Fsp3) is 0.391. The average Bonchev–Trinajstić information content (AvgIpc) is 2.66. The Kier molecular flexibility index (Phi) is 6.82. The number of benzene rings is 2. The van der Waals surface area contributed by atoms with Gasteiger partial charge in [-0.25, -0.2) is 0 Å². The third-order valence-electron chi connectivity index (χ3n) is 5.19. The van der Waals surface area contributed by atoms with E-state index < -0.39 is 0 Å². The highest BCUT2D eigenvalue weighted by molar-refractivity contribution is 5.99. The zero-order valence-corrected chi connectivity index (χ0v) is 16.7. The summed E-state index contributed by atoms with van der Waals surface area (Å²) >= 11 is 0. The molecule has 0 unspecified atom stereocenters. The molecule has 0 radical (unpaired) electrons. The highest BCUT2D eigenvalue weighted by atomic mass is 16.2. The maximum atomic E-state index is 12.6. The molecule has 1 aliphatic heterocycles. The van der Waals surface area contributed by atoms with Crippen molar-refractivity contribution in [1.29, 1.82) is 0 Å². The lowest BCUT2D eigenvalue weighted by atomic mass is 9.93. The molecule has 0 aromatic heterocycles. The number of hydrogen-bond acceptors (Lipinski definition) is 3. The van der Waals surface area contributed by atoms with E-state index in [-0.39, 0.29) is 11.8 Å². The number of carbonyl (C=O) groups is 2. The van der Waals surface area contributed by atoms with Gasteiger partial charge in [-0.15, -0.1) is 0 Å². The number of carbonyl (C=O) groups excluding carboxylic acids is 2. The van der Waals surface area contributed by atoms with Gasteiger partial charge in [0.1, 0.15) is 0 Å². The van der Waals surface area contributed by atoms with Crippen LogP contribution in [0.4, 0.5) is 11.4 Å². The molecule has 1 heterocycles. The van der Waals surface area contributed by atoms with Gasteiger partial charge in [0.25, 0.3) is 0 Å². The number of amides is 2. The van der Waals surface area contributed by atoms with E-state index in [0.717, 1.165) is 38.0 Å². The molecule has 0 aliphatic carbocycles.